The normalized spacial score (nSPS) is 15.0. The summed E-state index contributed by atoms with van der Waals surface area (Å²) in [5, 5.41) is 0. The summed E-state index contributed by atoms with van der Waals surface area (Å²) in [4.78, 5) is 2.73. The number of allylic oxidation sites excluding steroid dienone is 2. The molecule has 0 saturated carbocycles. The average Bonchev–Trinajstić information content (AvgIpc) is 3.42. The van der Waals surface area contributed by atoms with Crippen molar-refractivity contribution in [2.45, 2.75) is 30.6 Å². The molecule has 10 nitrogen and oxygen atoms in total. The average molecular weight is 585 g/mol. The highest BCUT2D eigenvalue weighted by Crippen LogP contribution is 2.49. The van der Waals surface area contributed by atoms with Crippen LogP contribution in [-0.4, -0.2) is 51.1 Å². The third kappa shape index (κ3) is 6.01. The van der Waals surface area contributed by atoms with Crippen LogP contribution in [0.4, 0.5) is 0 Å². The summed E-state index contributed by atoms with van der Waals surface area (Å²) in [6.45, 7) is 1.90. The molecule has 0 spiro atoms. The van der Waals surface area contributed by atoms with Gasteiger partial charge in [0.2, 0.25) is 11.5 Å². The second-order valence-corrected chi connectivity index (χ2v) is 11.1. The molecule has 0 aliphatic heterocycles. The minimum absolute atomic E-state index is 0.146. The van der Waals surface area contributed by atoms with Gasteiger partial charge in [-0.1, -0.05) is 17.7 Å². The highest BCUT2D eigenvalue weighted by Gasteiger charge is 2.32. The summed E-state index contributed by atoms with van der Waals surface area (Å²) >= 11 is 0. The Morgan fingerprint density at radius 1 is 0.707 bits per heavy atom. The van der Waals surface area contributed by atoms with Crippen molar-refractivity contribution in [2.24, 2.45) is 0 Å². The largest absolute Gasteiger partial charge is 0.493 e. The van der Waals surface area contributed by atoms with Gasteiger partial charge in [0.1, 0.15) is 0 Å². The SMILES string of the molecule is COc1cc(C2=C(NNS(=O)(=O)c3ccc(C)cc3)[C@H](c3cc(OC)c(OC)c(OC)c3)CC2)cc(OC)c1OC. The van der Waals surface area contributed by atoms with E-state index in [-0.39, 0.29) is 10.8 Å². The fourth-order valence-electron chi connectivity index (χ4n) is 5.03. The number of aryl methyl sites for hydroxylation is 1. The number of hydrogen-bond acceptors (Lipinski definition) is 9. The van der Waals surface area contributed by atoms with Crippen molar-refractivity contribution in [3.63, 3.8) is 0 Å². The van der Waals surface area contributed by atoms with E-state index in [2.05, 4.69) is 10.3 Å². The zero-order chi connectivity index (χ0) is 29.7. The van der Waals surface area contributed by atoms with Crippen molar-refractivity contribution in [3.8, 4) is 34.5 Å². The van der Waals surface area contributed by atoms with E-state index in [0.717, 1.165) is 22.3 Å². The molecule has 0 amide bonds. The Bertz CT molecular complexity index is 1480. The first-order valence-electron chi connectivity index (χ1n) is 12.9. The van der Waals surface area contributed by atoms with Gasteiger partial charge in [-0.05, 0) is 72.9 Å². The van der Waals surface area contributed by atoms with Gasteiger partial charge in [0.05, 0.1) is 47.6 Å². The molecule has 1 aliphatic carbocycles. The van der Waals surface area contributed by atoms with Gasteiger partial charge in [0, 0.05) is 11.6 Å². The number of benzene rings is 3. The maximum atomic E-state index is 13.2. The maximum Gasteiger partial charge on any atom is 0.257 e. The lowest BCUT2D eigenvalue weighted by molar-refractivity contribution is 0.323. The van der Waals surface area contributed by atoms with Gasteiger partial charge in [0.25, 0.3) is 10.0 Å². The monoisotopic (exact) mass is 584 g/mol. The molecule has 0 heterocycles. The Hall–Kier alpha value is -4.09. The minimum Gasteiger partial charge on any atom is -0.493 e. The van der Waals surface area contributed by atoms with Crippen LogP contribution in [0.1, 0.15) is 35.4 Å². The lowest BCUT2D eigenvalue weighted by Gasteiger charge is -2.22. The van der Waals surface area contributed by atoms with Crippen molar-refractivity contribution in [3.05, 3.63) is 70.9 Å². The van der Waals surface area contributed by atoms with Crippen LogP contribution < -0.4 is 38.7 Å². The number of ether oxygens (including phenoxy) is 6. The summed E-state index contributed by atoms with van der Waals surface area (Å²) in [7, 11) is 5.43. The van der Waals surface area contributed by atoms with Gasteiger partial charge < -0.3 is 33.8 Å². The fourth-order valence-corrected chi connectivity index (χ4v) is 5.89. The molecule has 41 heavy (non-hydrogen) atoms. The first kappa shape index (κ1) is 29.9. The molecule has 0 fully saturated rings. The molecule has 3 aromatic rings. The lowest BCUT2D eigenvalue weighted by Crippen LogP contribution is -2.38. The van der Waals surface area contributed by atoms with Gasteiger partial charge in [-0.3, -0.25) is 0 Å². The molecule has 1 atom stereocenters. The number of hydrogen-bond donors (Lipinski definition) is 2. The summed E-state index contributed by atoms with van der Waals surface area (Å²) < 4.78 is 59.9. The Labute approximate surface area is 241 Å². The molecule has 11 heteroatoms. The molecular formula is C30H36N2O8S. The van der Waals surface area contributed by atoms with Crippen LogP contribution in [0.15, 0.2) is 59.1 Å². The fraction of sp³-hybridized carbons (Fsp3) is 0.333. The molecule has 0 unspecified atom stereocenters. The molecule has 220 valence electrons. The van der Waals surface area contributed by atoms with Gasteiger partial charge >= 0.3 is 0 Å². The van der Waals surface area contributed by atoms with Gasteiger partial charge in [-0.15, -0.1) is 4.83 Å². The standard InChI is InChI=1S/C30H36N2O8S/c1-18-8-10-21(11-9-18)41(33,34)32-31-28-22(19-14-24(35-2)29(39-6)25(15-19)36-3)12-13-23(28)20-16-26(37-4)30(40-7)27(17-20)38-5/h8-11,14-17,22,31-32H,12-13H2,1-7H3/t22-/m0/s1. The number of nitrogens with one attached hydrogen (secondary N) is 2. The van der Waals surface area contributed by atoms with E-state index in [1.54, 1.807) is 66.9 Å². The molecular weight excluding hydrogens is 548 g/mol. The molecule has 4 rings (SSSR count). The van der Waals surface area contributed by atoms with Crippen LogP contribution in [0, 0.1) is 6.92 Å². The van der Waals surface area contributed by atoms with E-state index in [1.165, 1.54) is 0 Å². The molecule has 3 aromatic carbocycles. The molecule has 2 N–H and O–H groups in total. The summed E-state index contributed by atoms with van der Waals surface area (Å²) in [5.41, 5.74) is 7.23. The molecule has 0 radical (unpaired) electrons. The predicted octanol–water partition coefficient (Wildman–Crippen LogP) is 4.82. The Balaban J connectivity index is 1.85. The Kier molecular flexibility index (Phi) is 9.19. The van der Waals surface area contributed by atoms with E-state index < -0.39 is 10.0 Å². The van der Waals surface area contributed by atoms with Gasteiger partial charge in [0.15, 0.2) is 23.0 Å². The number of sulfonamides is 1. The summed E-state index contributed by atoms with van der Waals surface area (Å²) in [6.07, 6.45) is 1.31. The second-order valence-electron chi connectivity index (χ2n) is 9.40. The van der Waals surface area contributed by atoms with E-state index in [0.29, 0.717) is 53.0 Å². The Morgan fingerprint density at radius 2 is 1.20 bits per heavy atom. The maximum absolute atomic E-state index is 13.2. The highest BCUT2D eigenvalue weighted by molar-refractivity contribution is 7.89. The molecule has 0 bridgehead atoms. The number of methoxy groups -OCH3 is 6. The van der Waals surface area contributed by atoms with Crippen molar-refractivity contribution < 1.29 is 36.8 Å². The topological polar surface area (TPSA) is 114 Å². The number of rotatable bonds is 12. The van der Waals surface area contributed by atoms with Crippen molar-refractivity contribution in [1.29, 1.82) is 0 Å². The van der Waals surface area contributed by atoms with Crippen molar-refractivity contribution in [1.82, 2.24) is 10.3 Å². The van der Waals surface area contributed by atoms with E-state index >= 15 is 0 Å². The molecule has 0 saturated heterocycles. The first-order chi connectivity index (χ1) is 19.7. The van der Waals surface area contributed by atoms with Crippen LogP contribution in [0.2, 0.25) is 0 Å². The third-order valence-electron chi connectivity index (χ3n) is 7.11. The van der Waals surface area contributed by atoms with Crippen molar-refractivity contribution >= 4 is 15.6 Å². The van der Waals surface area contributed by atoms with E-state index in [9.17, 15) is 8.42 Å². The third-order valence-corrected chi connectivity index (χ3v) is 8.37. The van der Waals surface area contributed by atoms with Gasteiger partial charge in [-0.25, -0.2) is 8.42 Å². The molecule has 1 aliphatic rings. The minimum atomic E-state index is -3.88. The van der Waals surface area contributed by atoms with Crippen LogP contribution in [-0.2, 0) is 10.0 Å². The van der Waals surface area contributed by atoms with Crippen LogP contribution >= 0.6 is 0 Å². The number of hydrazine groups is 1. The molecule has 0 aromatic heterocycles. The van der Waals surface area contributed by atoms with Crippen LogP contribution in [0.25, 0.3) is 5.57 Å². The smallest absolute Gasteiger partial charge is 0.257 e. The van der Waals surface area contributed by atoms with E-state index in [1.807, 2.05) is 31.2 Å². The second kappa shape index (κ2) is 12.6. The van der Waals surface area contributed by atoms with Crippen molar-refractivity contribution in [2.75, 3.05) is 42.7 Å². The zero-order valence-corrected chi connectivity index (χ0v) is 25.1. The predicted molar refractivity (Wildman–Crippen MR) is 156 cm³/mol. The summed E-state index contributed by atoms with van der Waals surface area (Å²) in [5.74, 6) is 2.69. The quantitative estimate of drug-likeness (QED) is 0.289. The first-order valence-corrected chi connectivity index (χ1v) is 14.4. The highest BCUT2D eigenvalue weighted by atomic mass is 32.2. The van der Waals surface area contributed by atoms with Crippen LogP contribution in [0.5, 0.6) is 34.5 Å². The Morgan fingerprint density at radius 3 is 1.66 bits per heavy atom. The van der Waals surface area contributed by atoms with E-state index in [4.69, 9.17) is 28.4 Å². The van der Waals surface area contributed by atoms with Crippen LogP contribution in [0.3, 0.4) is 0 Å². The lowest BCUT2D eigenvalue weighted by atomic mass is 9.95. The summed E-state index contributed by atoms with van der Waals surface area (Å²) in [6, 6.07) is 14.1. The van der Waals surface area contributed by atoms with Gasteiger partial charge in [-0.2, -0.15) is 0 Å². The zero-order valence-electron chi connectivity index (χ0n) is 24.3.